The fourth-order valence-electron chi connectivity index (χ4n) is 3.40. The Balaban J connectivity index is 0.00000341. The molecule has 2 atom stereocenters. The highest BCUT2D eigenvalue weighted by Crippen LogP contribution is 2.23. The Labute approximate surface area is 200 Å². The molecule has 1 fully saturated rings. The number of nitrogens with zero attached hydrogens (tertiary/aromatic N) is 2. The van der Waals surface area contributed by atoms with Gasteiger partial charge in [0.1, 0.15) is 29.2 Å². The predicted molar refractivity (Wildman–Crippen MR) is 130 cm³/mol. The molecule has 2 heterocycles. The minimum Gasteiger partial charge on any atom is -0.489 e. The molecule has 2 unspecified atom stereocenters. The molecule has 1 aliphatic heterocycles. The number of aryl methyl sites for hydroxylation is 1. The molecule has 0 spiro atoms. The van der Waals surface area contributed by atoms with E-state index < -0.39 is 0 Å². The zero-order valence-corrected chi connectivity index (χ0v) is 20.6. The van der Waals surface area contributed by atoms with Gasteiger partial charge in [0.15, 0.2) is 5.96 Å². The van der Waals surface area contributed by atoms with Gasteiger partial charge in [0, 0.05) is 32.7 Å². The third-order valence-electron chi connectivity index (χ3n) is 4.95. The van der Waals surface area contributed by atoms with Gasteiger partial charge in [-0.25, -0.2) is 4.39 Å². The maximum absolute atomic E-state index is 13.3. The Kier molecular flexibility index (Phi) is 10.6. The Bertz CT molecular complexity index is 827. The largest absolute Gasteiger partial charge is 0.489 e. The van der Waals surface area contributed by atoms with Crippen LogP contribution in [0.2, 0.25) is 0 Å². The third-order valence-corrected chi connectivity index (χ3v) is 4.95. The molecule has 0 radical (unpaired) electrons. The molecule has 1 aromatic carbocycles. The summed E-state index contributed by atoms with van der Waals surface area (Å²) < 4.78 is 30.5. The summed E-state index contributed by atoms with van der Waals surface area (Å²) in [5.74, 6) is 2.70. The maximum Gasteiger partial charge on any atom is 0.191 e. The molecule has 0 aliphatic carbocycles. The van der Waals surface area contributed by atoms with Crippen LogP contribution in [0.15, 0.2) is 45.8 Å². The average molecular weight is 546 g/mol. The molecule has 1 aliphatic rings. The molecule has 2 N–H and O–H groups in total. The Morgan fingerprint density at radius 2 is 1.94 bits per heavy atom. The summed E-state index contributed by atoms with van der Waals surface area (Å²) in [4.78, 5) is 6.66. The van der Waals surface area contributed by atoms with Crippen molar-refractivity contribution in [1.82, 2.24) is 15.5 Å². The van der Waals surface area contributed by atoms with Crippen LogP contribution in [0.5, 0.6) is 5.75 Å². The molecule has 1 aromatic heterocycles. The highest BCUT2D eigenvalue weighted by atomic mass is 127. The molecule has 1 saturated heterocycles. The molecule has 2 aromatic rings. The van der Waals surface area contributed by atoms with Gasteiger partial charge in [0.2, 0.25) is 0 Å². The van der Waals surface area contributed by atoms with E-state index in [-0.39, 0.29) is 41.9 Å². The van der Waals surface area contributed by atoms with Crippen LogP contribution in [-0.2, 0) is 4.74 Å². The van der Waals surface area contributed by atoms with Crippen molar-refractivity contribution in [2.24, 2.45) is 4.99 Å². The molecule has 0 amide bonds. The predicted octanol–water partition coefficient (Wildman–Crippen LogP) is 3.35. The summed E-state index contributed by atoms with van der Waals surface area (Å²) in [5, 5.41) is 6.65. The number of aliphatic imine (C=N–C) groups is 1. The molecule has 7 nitrogen and oxygen atoms in total. The lowest BCUT2D eigenvalue weighted by Gasteiger charge is -2.33. The number of morpholine rings is 1. The van der Waals surface area contributed by atoms with Crippen LogP contribution in [-0.4, -0.2) is 63.4 Å². The molecule has 9 heteroatoms. The van der Waals surface area contributed by atoms with Crippen LogP contribution in [0.1, 0.15) is 24.5 Å². The van der Waals surface area contributed by atoms with Crippen molar-refractivity contribution >= 4 is 29.9 Å². The SMILES string of the molecule is CN=C(NCC(C)Oc1cccc(F)c1)NCC(c1ccc(C)o1)N1CCOCC1.I. The summed E-state index contributed by atoms with van der Waals surface area (Å²) in [5.41, 5.74) is 0. The first kappa shape index (κ1) is 25.4. The Hall–Kier alpha value is -1.85. The molecular weight excluding hydrogens is 514 g/mol. The van der Waals surface area contributed by atoms with Gasteiger partial charge in [-0.15, -0.1) is 24.0 Å². The summed E-state index contributed by atoms with van der Waals surface area (Å²) in [7, 11) is 1.73. The Morgan fingerprint density at radius 3 is 2.58 bits per heavy atom. The van der Waals surface area contributed by atoms with Crippen LogP contribution in [0.25, 0.3) is 0 Å². The summed E-state index contributed by atoms with van der Waals surface area (Å²) in [6, 6.07) is 10.2. The molecule has 3 rings (SSSR count). The summed E-state index contributed by atoms with van der Waals surface area (Å²) in [6.45, 7) is 8.20. The lowest BCUT2D eigenvalue weighted by Crippen LogP contribution is -2.47. The van der Waals surface area contributed by atoms with Crippen molar-refractivity contribution in [3.05, 3.63) is 53.7 Å². The summed E-state index contributed by atoms with van der Waals surface area (Å²) in [6.07, 6.45) is -0.159. The fraction of sp³-hybridized carbons (Fsp3) is 0.500. The van der Waals surface area contributed by atoms with Gasteiger partial charge in [-0.3, -0.25) is 9.89 Å². The van der Waals surface area contributed by atoms with Gasteiger partial charge >= 0.3 is 0 Å². The first-order valence-electron chi connectivity index (χ1n) is 10.3. The maximum atomic E-state index is 13.3. The van der Waals surface area contributed by atoms with Gasteiger partial charge in [0.25, 0.3) is 0 Å². The van der Waals surface area contributed by atoms with E-state index in [1.165, 1.54) is 12.1 Å². The number of hydrogen-bond acceptors (Lipinski definition) is 5. The van der Waals surface area contributed by atoms with E-state index in [0.29, 0.717) is 24.8 Å². The standard InChI is InChI=1S/C22H31FN4O3.HI/c1-16-7-8-21(30-16)20(27-9-11-28-12-10-27)15-26-22(24-3)25-14-17(2)29-19-6-4-5-18(23)13-19;/h4-8,13,17,20H,9-12,14-15H2,1-3H3,(H2,24,25,26);1H. The van der Waals surface area contributed by atoms with E-state index in [0.717, 1.165) is 37.8 Å². The lowest BCUT2D eigenvalue weighted by atomic mass is 10.1. The van der Waals surface area contributed by atoms with E-state index >= 15 is 0 Å². The first-order valence-corrected chi connectivity index (χ1v) is 10.3. The van der Waals surface area contributed by atoms with Crippen molar-refractivity contribution < 1.29 is 18.3 Å². The second kappa shape index (κ2) is 12.9. The number of guanidine groups is 1. The quantitative estimate of drug-likeness (QED) is 0.301. The van der Waals surface area contributed by atoms with E-state index in [4.69, 9.17) is 13.9 Å². The van der Waals surface area contributed by atoms with Crippen LogP contribution in [0.4, 0.5) is 4.39 Å². The molecule has 0 bridgehead atoms. The summed E-state index contributed by atoms with van der Waals surface area (Å²) >= 11 is 0. The smallest absolute Gasteiger partial charge is 0.191 e. The zero-order chi connectivity index (χ0) is 21.3. The second-order valence-electron chi connectivity index (χ2n) is 7.33. The van der Waals surface area contributed by atoms with E-state index in [9.17, 15) is 4.39 Å². The number of furan rings is 1. The monoisotopic (exact) mass is 546 g/mol. The zero-order valence-electron chi connectivity index (χ0n) is 18.3. The number of hydrogen-bond donors (Lipinski definition) is 2. The minimum absolute atomic E-state index is 0. The molecule has 0 saturated carbocycles. The van der Waals surface area contributed by atoms with Crippen molar-refractivity contribution in [2.45, 2.75) is 26.0 Å². The van der Waals surface area contributed by atoms with E-state index in [1.54, 1.807) is 19.2 Å². The topological polar surface area (TPSA) is 71.3 Å². The lowest BCUT2D eigenvalue weighted by molar-refractivity contribution is 0.0124. The normalized spacial score (nSPS) is 16.8. The number of benzene rings is 1. The van der Waals surface area contributed by atoms with Gasteiger partial charge < -0.3 is 24.5 Å². The van der Waals surface area contributed by atoms with Crippen molar-refractivity contribution in [3.63, 3.8) is 0 Å². The average Bonchev–Trinajstić information content (AvgIpc) is 3.17. The molecule has 31 heavy (non-hydrogen) atoms. The van der Waals surface area contributed by atoms with E-state index in [1.807, 2.05) is 26.0 Å². The number of rotatable bonds is 8. The van der Waals surface area contributed by atoms with Crippen LogP contribution < -0.4 is 15.4 Å². The van der Waals surface area contributed by atoms with Crippen molar-refractivity contribution in [3.8, 4) is 5.75 Å². The molecular formula is C22H32FIN4O3. The highest BCUT2D eigenvalue weighted by Gasteiger charge is 2.25. The molecule has 172 valence electrons. The second-order valence-corrected chi connectivity index (χ2v) is 7.33. The third kappa shape index (κ3) is 7.97. The van der Waals surface area contributed by atoms with Gasteiger partial charge in [-0.05, 0) is 38.1 Å². The highest BCUT2D eigenvalue weighted by molar-refractivity contribution is 14.0. The number of halogens is 2. The van der Waals surface area contributed by atoms with Crippen molar-refractivity contribution in [2.75, 3.05) is 46.4 Å². The fourth-order valence-corrected chi connectivity index (χ4v) is 3.40. The van der Waals surface area contributed by atoms with Crippen LogP contribution >= 0.6 is 24.0 Å². The minimum atomic E-state index is -0.313. The Morgan fingerprint density at radius 1 is 1.19 bits per heavy atom. The van der Waals surface area contributed by atoms with Gasteiger partial charge in [-0.2, -0.15) is 0 Å². The van der Waals surface area contributed by atoms with Gasteiger partial charge in [0.05, 0.1) is 25.8 Å². The first-order chi connectivity index (χ1) is 14.5. The van der Waals surface area contributed by atoms with Crippen LogP contribution in [0.3, 0.4) is 0 Å². The number of nitrogens with one attached hydrogen (secondary N) is 2. The van der Waals surface area contributed by atoms with Crippen molar-refractivity contribution in [1.29, 1.82) is 0 Å². The van der Waals surface area contributed by atoms with Crippen LogP contribution in [0, 0.1) is 12.7 Å². The van der Waals surface area contributed by atoms with E-state index in [2.05, 4.69) is 20.5 Å². The number of ether oxygens (including phenoxy) is 2. The van der Waals surface area contributed by atoms with Gasteiger partial charge in [-0.1, -0.05) is 6.07 Å².